The van der Waals surface area contributed by atoms with Gasteiger partial charge in [-0.1, -0.05) is 6.07 Å². The van der Waals surface area contributed by atoms with E-state index in [4.69, 9.17) is 15.0 Å². The van der Waals surface area contributed by atoms with E-state index in [1.807, 2.05) is 33.8 Å². The fourth-order valence-electron chi connectivity index (χ4n) is 2.10. The van der Waals surface area contributed by atoms with Crippen LogP contribution in [-0.2, 0) is 19.0 Å². The first-order chi connectivity index (χ1) is 9.50. The summed E-state index contributed by atoms with van der Waals surface area (Å²) in [7, 11) is -1.47. The Balaban J connectivity index is 2.45. The number of hydrogen-bond donors (Lipinski definition) is 1. The molecule has 2 rings (SSSR count). The number of nitrogens with zero attached hydrogens (tertiary/aromatic N) is 1. The van der Waals surface area contributed by atoms with Crippen molar-refractivity contribution in [1.82, 2.24) is 0 Å². The molecule has 1 atom stereocenters. The van der Waals surface area contributed by atoms with E-state index in [2.05, 4.69) is 4.36 Å². The molecule has 1 unspecified atom stereocenters. The minimum absolute atomic E-state index is 0.415. The van der Waals surface area contributed by atoms with Gasteiger partial charge in [0.05, 0.1) is 25.8 Å². The average Bonchev–Trinajstić information content (AvgIpc) is 2.58. The molecule has 1 saturated heterocycles. The Kier molecular flexibility index (Phi) is 3.89. The molecular weight excluding hydrogens is 287 g/mol. The van der Waals surface area contributed by atoms with Crippen molar-refractivity contribution in [2.24, 2.45) is 4.36 Å². The van der Waals surface area contributed by atoms with Crippen LogP contribution in [0.25, 0.3) is 0 Å². The summed E-state index contributed by atoms with van der Waals surface area (Å²) < 4.78 is 28.4. The largest absolute Gasteiger partial charge is 0.494 e. The molecule has 0 saturated carbocycles. The Hall–Kier alpha value is -1.05. The van der Waals surface area contributed by atoms with Crippen LogP contribution in [0.2, 0.25) is 0 Å². The standard InChI is InChI=1S/C14H23BN2O3S/c1-13(2)14(3,4)20-15(19-13)10-7-8-11(16)12(9-10)21(6,18)17-5/h7-9H,16H2,1-6H3. The second-order valence-corrected chi connectivity index (χ2v) is 8.78. The maximum absolute atomic E-state index is 12.5. The van der Waals surface area contributed by atoms with Crippen LogP contribution in [0.5, 0.6) is 0 Å². The highest BCUT2D eigenvalue weighted by Crippen LogP contribution is 2.36. The third-order valence-corrected chi connectivity index (χ3v) is 6.19. The molecule has 1 aromatic rings. The van der Waals surface area contributed by atoms with Gasteiger partial charge in [-0.2, -0.15) is 0 Å². The van der Waals surface area contributed by atoms with Crippen molar-refractivity contribution in [3.63, 3.8) is 0 Å². The minimum Gasteiger partial charge on any atom is -0.399 e. The highest BCUT2D eigenvalue weighted by atomic mass is 32.2. The Morgan fingerprint density at radius 3 is 2.19 bits per heavy atom. The molecule has 1 heterocycles. The number of nitrogens with two attached hydrogens (primary N) is 1. The molecule has 21 heavy (non-hydrogen) atoms. The second-order valence-electron chi connectivity index (χ2n) is 6.37. The molecule has 0 bridgehead atoms. The van der Waals surface area contributed by atoms with Crippen LogP contribution in [0.1, 0.15) is 27.7 Å². The zero-order valence-corrected chi connectivity index (χ0v) is 14.3. The molecule has 0 radical (unpaired) electrons. The zero-order chi connectivity index (χ0) is 16.1. The van der Waals surface area contributed by atoms with Gasteiger partial charge in [0.2, 0.25) is 0 Å². The zero-order valence-electron chi connectivity index (χ0n) is 13.5. The molecule has 0 spiro atoms. The molecule has 0 amide bonds. The van der Waals surface area contributed by atoms with Crippen LogP contribution in [0.3, 0.4) is 0 Å². The van der Waals surface area contributed by atoms with Crippen molar-refractivity contribution in [3.8, 4) is 0 Å². The highest BCUT2D eigenvalue weighted by Gasteiger charge is 2.51. The molecule has 1 aliphatic rings. The summed E-state index contributed by atoms with van der Waals surface area (Å²) in [4.78, 5) is 0.525. The van der Waals surface area contributed by atoms with Crippen LogP contribution < -0.4 is 11.2 Å². The first-order valence-electron chi connectivity index (χ1n) is 6.85. The van der Waals surface area contributed by atoms with Gasteiger partial charge in [-0.25, -0.2) is 8.57 Å². The lowest BCUT2D eigenvalue weighted by Crippen LogP contribution is -2.41. The molecule has 2 N–H and O–H groups in total. The highest BCUT2D eigenvalue weighted by molar-refractivity contribution is 7.93. The van der Waals surface area contributed by atoms with E-state index >= 15 is 0 Å². The van der Waals surface area contributed by atoms with E-state index in [0.29, 0.717) is 10.6 Å². The molecule has 0 aliphatic carbocycles. The molecule has 1 fully saturated rings. The van der Waals surface area contributed by atoms with Gasteiger partial charge in [0.15, 0.2) is 0 Å². The van der Waals surface area contributed by atoms with Crippen LogP contribution in [-0.4, -0.2) is 35.8 Å². The number of anilines is 1. The van der Waals surface area contributed by atoms with E-state index in [0.717, 1.165) is 5.46 Å². The van der Waals surface area contributed by atoms with Gasteiger partial charge >= 0.3 is 7.12 Å². The topological polar surface area (TPSA) is 73.9 Å². The molecular formula is C14H23BN2O3S. The quantitative estimate of drug-likeness (QED) is 0.666. The summed E-state index contributed by atoms with van der Waals surface area (Å²) in [6.07, 6.45) is 1.58. The maximum Gasteiger partial charge on any atom is 0.494 e. The number of hydrogen-bond acceptors (Lipinski definition) is 5. The summed E-state index contributed by atoms with van der Waals surface area (Å²) in [5.74, 6) is 0. The Morgan fingerprint density at radius 1 is 1.19 bits per heavy atom. The second kappa shape index (κ2) is 5.00. The Labute approximate surface area is 127 Å². The van der Waals surface area contributed by atoms with Gasteiger partial charge < -0.3 is 15.0 Å². The summed E-state index contributed by atoms with van der Waals surface area (Å²) in [5.41, 5.74) is 6.37. The molecule has 1 aliphatic heterocycles. The van der Waals surface area contributed by atoms with E-state index in [1.165, 1.54) is 7.05 Å². The van der Waals surface area contributed by atoms with E-state index in [1.54, 1.807) is 18.4 Å². The molecule has 0 aromatic heterocycles. The summed E-state index contributed by atoms with van der Waals surface area (Å²) in [5, 5.41) is 0. The smallest absolute Gasteiger partial charge is 0.399 e. The van der Waals surface area contributed by atoms with Gasteiger partial charge in [0.25, 0.3) is 0 Å². The fraction of sp³-hybridized carbons (Fsp3) is 0.571. The SMILES string of the molecule is CN=S(C)(=O)c1cc(B2OC(C)(C)C(C)(C)O2)ccc1N. The average molecular weight is 310 g/mol. The third-order valence-electron chi connectivity index (χ3n) is 4.32. The Morgan fingerprint density at radius 2 is 1.71 bits per heavy atom. The van der Waals surface area contributed by atoms with Crippen molar-refractivity contribution in [3.05, 3.63) is 18.2 Å². The lowest BCUT2D eigenvalue weighted by molar-refractivity contribution is 0.00578. The maximum atomic E-state index is 12.5. The van der Waals surface area contributed by atoms with Crippen molar-refractivity contribution >= 4 is 28.0 Å². The molecule has 5 nitrogen and oxygen atoms in total. The number of nitrogen functional groups attached to an aromatic ring is 1. The van der Waals surface area contributed by atoms with E-state index in [9.17, 15) is 4.21 Å². The number of benzene rings is 1. The lowest BCUT2D eigenvalue weighted by Gasteiger charge is -2.32. The summed E-state index contributed by atoms with van der Waals surface area (Å²) in [6, 6.07) is 5.34. The molecule has 1 aromatic carbocycles. The minimum atomic E-state index is -2.50. The first kappa shape index (κ1) is 16.3. The van der Waals surface area contributed by atoms with E-state index < -0.39 is 28.0 Å². The first-order valence-corrected chi connectivity index (χ1v) is 8.78. The van der Waals surface area contributed by atoms with Crippen molar-refractivity contribution < 1.29 is 13.5 Å². The molecule has 116 valence electrons. The fourth-order valence-corrected chi connectivity index (χ4v) is 3.16. The summed E-state index contributed by atoms with van der Waals surface area (Å²) in [6.45, 7) is 7.98. The van der Waals surface area contributed by atoms with Crippen LogP contribution in [0, 0.1) is 0 Å². The molecule has 7 heteroatoms. The van der Waals surface area contributed by atoms with Crippen molar-refractivity contribution in [1.29, 1.82) is 0 Å². The van der Waals surface area contributed by atoms with Crippen molar-refractivity contribution in [2.75, 3.05) is 19.0 Å². The van der Waals surface area contributed by atoms with Crippen molar-refractivity contribution in [2.45, 2.75) is 43.8 Å². The van der Waals surface area contributed by atoms with Crippen LogP contribution in [0.15, 0.2) is 27.5 Å². The number of rotatable bonds is 2. The normalized spacial score (nSPS) is 22.9. The van der Waals surface area contributed by atoms with Gasteiger partial charge in [-0.05, 0) is 45.3 Å². The van der Waals surface area contributed by atoms with Gasteiger partial charge in [0.1, 0.15) is 0 Å². The van der Waals surface area contributed by atoms with Gasteiger partial charge in [0, 0.05) is 19.0 Å². The summed E-state index contributed by atoms with van der Waals surface area (Å²) >= 11 is 0. The van der Waals surface area contributed by atoms with Gasteiger partial charge in [-0.15, -0.1) is 0 Å². The predicted octanol–water partition coefficient (Wildman–Crippen LogP) is 1.65. The monoisotopic (exact) mass is 310 g/mol. The lowest BCUT2D eigenvalue weighted by atomic mass is 9.79. The van der Waals surface area contributed by atoms with Crippen LogP contribution >= 0.6 is 0 Å². The van der Waals surface area contributed by atoms with Crippen LogP contribution in [0.4, 0.5) is 5.69 Å². The van der Waals surface area contributed by atoms with Gasteiger partial charge in [-0.3, -0.25) is 0 Å². The third kappa shape index (κ3) is 2.82. The Bertz CT molecular complexity index is 663. The predicted molar refractivity (Wildman–Crippen MR) is 87.3 cm³/mol. The van der Waals surface area contributed by atoms with E-state index in [-0.39, 0.29) is 0 Å².